The number of nitrogens with zero attached hydrogens (tertiary/aromatic N) is 1. The van der Waals surface area contributed by atoms with Gasteiger partial charge in [0, 0.05) is 21.7 Å². The van der Waals surface area contributed by atoms with Gasteiger partial charge in [-0.05, 0) is 72.9 Å². The van der Waals surface area contributed by atoms with Crippen molar-refractivity contribution in [3.05, 3.63) is 69.2 Å². The van der Waals surface area contributed by atoms with Crippen LogP contribution in [0.5, 0.6) is 0 Å². The summed E-state index contributed by atoms with van der Waals surface area (Å²) in [7, 11) is 0. The van der Waals surface area contributed by atoms with Crippen molar-refractivity contribution in [3.63, 3.8) is 0 Å². The summed E-state index contributed by atoms with van der Waals surface area (Å²) in [6, 6.07) is 15.2. The van der Waals surface area contributed by atoms with E-state index in [1.807, 2.05) is 0 Å². The number of fused-ring (bicyclic) bond motifs is 4. The van der Waals surface area contributed by atoms with Crippen LogP contribution in [-0.2, 0) is 29.6 Å². The number of aliphatic imine (C=N–C) groups is 1. The van der Waals surface area contributed by atoms with Gasteiger partial charge in [0.15, 0.2) is 11.3 Å². The molecule has 0 saturated carbocycles. The smallest absolute Gasteiger partial charge is 0.169 e. The van der Waals surface area contributed by atoms with Crippen LogP contribution in [0.2, 0.25) is 0 Å². The average molecular weight is 465 g/mol. The number of nitrogens with two attached hydrogens (primary N) is 1. The molecule has 2 aliphatic carbocycles. The third-order valence-corrected chi connectivity index (χ3v) is 8.62. The van der Waals surface area contributed by atoms with E-state index >= 15 is 0 Å². The molecule has 5 rings (SSSR count). The highest BCUT2D eigenvalue weighted by Gasteiger charge is 2.64. The first-order valence-electron chi connectivity index (χ1n) is 11.2. The van der Waals surface area contributed by atoms with Crippen molar-refractivity contribution in [3.8, 4) is 0 Å². The van der Waals surface area contributed by atoms with Gasteiger partial charge >= 0.3 is 0 Å². The highest BCUT2D eigenvalue weighted by atomic mass is 79.9. The zero-order valence-electron chi connectivity index (χ0n) is 17.7. The number of aryl methyl sites for hydroxylation is 2. The van der Waals surface area contributed by atoms with E-state index in [4.69, 9.17) is 10.7 Å². The molecule has 0 amide bonds. The molecular formula is C26H29BrN2O. The number of hydrogen-bond acceptors (Lipinski definition) is 3. The van der Waals surface area contributed by atoms with Gasteiger partial charge in [-0.3, -0.25) is 9.79 Å². The van der Waals surface area contributed by atoms with Crippen LogP contribution in [0.3, 0.4) is 0 Å². The molecule has 1 heterocycles. The second kappa shape index (κ2) is 7.05. The SMILES string of the molecule is CCC1C(=O)C2(N=C(N)C1C)c1cc(Br)ccc1CC21CCc2ccccc2CC1. The van der Waals surface area contributed by atoms with Gasteiger partial charge in [0.1, 0.15) is 0 Å². The fourth-order valence-electron chi connectivity index (χ4n) is 6.44. The maximum absolute atomic E-state index is 14.3. The molecule has 0 aromatic heterocycles. The van der Waals surface area contributed by atoms with Crippen LogP contribution in [-0.4, -0.2) is 11.6 Å². The van der Waals surface area contributed by atoms with Gasteiger partial charge in [0.25, 0.3) is 0 Å². The highest BCUT2D eigenvalue weighted by Crippen LogP contribution is 2.61. The van der Waals surface area contributed by atoms with Crippen molar-refractivity contribution in [1.82, 2.24) is 0 Å². The summed E-state index contributed by atoms with van der Waals surface area (Å²) in [4.78, 5) is 19.5. The number of carbonyl (C=O) groups excluding carboxylic acids is 1. The zero-order valence-corrected chi connectivity index (χ0v) is 19.3. The standard InChI is InChI=1S/C26H29BrN2O/c1-3-21-16(2)24(28)29-26(23(21)30)22-14-20(27)9-8-19(22)15-25(26)12-10-17-6-4-5-7-18(17)11-13-25/h4-9,14,16,21H,3,10-13,15H2,1-2H3,(H2,28,29). The quantitative estimate of drug-likeness (QED) is 0.616. The Kier molecular flexibility index (Phi) is 4.70. The average Bonchev–Trinajstić information content (AvgIpc) is 2.86. The van der Waals surface area contributed by atoms with Crippen LogP contribution >= 0.6 is 15.9 Å². The van der Waals surface area contributed by atoms with E-state index in [0.29, 0.717) is 5.84 Å². The molecule has 3 atom stereocenters. The van der Waals surface area contributed by atoms with Crippen LogP contribution < -0.4 is 5.73 Å². The third-order valence-electron chi connectivity index (χ3n) is 8.12. The van der Waals surface area contributed by atoms with E-state index in [1.165, 1.54) is 16.7 Å². The summed E-state index contributed by atoms with van der Waals surface area (Å²) in [6.45, 7) is 4.17. The van der Waals surface area contributed by atoms with Crippen molar-refractivity contribution >= 4 is 27.5 Å². The Labute approximate surface area is 187 Å². The molecule has 3 nitrogen and oxygen atoms in total. The summed E-state index contributed by atoms with van der Waals surface area (Å²) in [5.41, 5.74) is 10.7. The lowest BCUT2D eigenvalue weighted by Gasteiger charge is -2.48. The Bertz CT molecular complexity index is 1030. The molecule has 30 heavy (non-hydrogen) atoms. The molecule has 3 unspecified atom stereocenters. The van der Waals surface area contributed by atoms with Gasteiger partial charge in [0.05, 0.1) is 5.84 Å². The van der Waals surface area contributed by atoms with E-state index in [9.17, 15) is 4.79 Å². The van der Waals surface area contributed by atoms with Gasteiger partial charge in [-0.2, -0.15) is 0 Å². The first-order chi connectivity index (χ1) is 14.4. The predicted octanol–water partition coefficient (Wildman–Crippen LogP) is 5.37. The Morgan fingerprint density at radius 3 is 2.40 bits per heavy atom. The number of carbonyl (C=O) groups is 1. The van der Waals surface area contributed by atoms with E-state index in [1.54, 1.807) is 0 Å². The second-order valence-corrected chi connectivity index (χ2v) is 10.4. The van der Waals surface area contributed by atoms with E-state index in [-0.39, 0.29) is 23.0 Å². The van der Waals surface area contributed by atoms with Crippen molar-refractivity contribution in [1.29, 1.82) is 0 Å². The van der Waals surface area contributed by atoms with E-state index < -0.39 is 5.54 Å². The number of ketones is 1. The fourth-order valence-corrected chi connectivity index (χ4v) is 6.80. The van der Waals surface area contributed by atoms with Crippen LogP contribution in [0, 0.1) is 17.3 Å². The Morgan fingerprint density at radius 1 is 1.10 bits per heavy atom. The van der Waals surface area contributed by atoms with Crippen LogP contribution in [0.25, 0.3) is 0 Å². The minimum atomic E-state index is -0.856. The lowest BCUT2D eigenvalue weighted by atomic mass is 9.59. The predicted molar refractivity (Wildman–Crippen MR) is 125 cm³/mol. The minimum absolute atomic E-state index is 0.00403. The van der Waals surface area contributed by atoms with Crippen LogP contribution in [0.15, 0.2) is 51.9 Å². The maximum Gasteiger partial charge on any atom is 0.169 e. The zero-order chi connectivity index (χ0) is 21.1. The number of hydrogen-bond donors (Lipinski definition) is 1. The summed E-state index contributed by atoms with van der Waals surface area (Å²) in [5, 5.41) is 0. The summed E-state index contributed by atoms with van der Waals surface area (Å²) >= 11 is 3.65. The van der Waals surface area contributed by atoms with E-state index in [0.717, 1.165) is 48.6 Å². The lowest BCUT2D eigenvalue weighted by Crippen LogP contribution is -2.56. The van der Waals surface area contributed by atoms with Gasteiger partial charge in [-0.1, -0.05) is 60.1 Å². The molecule has 0 radical (unpaired) electrons. The summed E-state index contributed by atoms with van der Waals surface area (Å²) in [5.74, 6) is 0.865. The second-order valence-electron chi connectivity index (χ2n) is 9.44. The Balaban J connectivity index is 1.73. The summed E-state index contributed by atoms with van der Waals surface area (Å²) in [6.07, 6.45) is 5.60. The first-order valence-corrected chi connectivity index (χ1v) is 12.0. The van der Waals surface area contributed by atoms with Crippen LogP contribution in [0.1, 0.15) is 55.4 Å². The Hall–Kier alpha value is -1.94. The van der Waals surface area contributed by atoms with Gasteiger partial charge in [0.2, 0.25) is 0 Å². The number of Topliss-reactive ketones (excluding diaryl/α,β-unsaturated/α-hetero) is 1. The molecule has 4 heteroatoms. The molecule has 2 N–H and O–H groups in total. The number of amidine groups is 1. The maximum atomic E-state index is 14.3. The summed E-state index contributed by atoms with van der Waals surface area (Å²) < 4.78 is 1.00. The van der Waals surface area contributed by atoms with Crippen molar-refractivity contribution in [2.75, 3.05) is 0 Å². The molecule has 156 valence electrons. The number of benzene rings is 2. The van der Waals surface area contributed by atoms with Gasteiger partial charge in [-0.25, -0.2) is 0 Å². The molecule has 0 fully saturated rings. The highest BCUT2D eigenvalue weighted by molar-refractivity contribution is 9.10. The van der Waals surface area contributed by atoms with Gasteiger partial charge < -0.3 is 5.73 Å². The molecule has 0 saturated heterocycles. The van der Waals surface area contributed by atoms with Crippen molar-refractivity contribution in [2.24, 2.45) is 28.0 Å². The number of rotatable bonds is 1. The first kappa shape index (κ1) is 20.0. The number of halogens is 1. The van der Waals surface area contributed by atoms with Gasteiger partial charge in [-0.15, -0.1) is 0 Å². The molecule has 0 bridgehead atoms. The van der Waals surface area contributed by atoms with Crippen LogP contribution in [0.4, 0.5) is 0 Å². The molecule has 1 aliphatic heterocycles. The molecule has 2 aromatic carbocycles. The minimum Gasteiger partial charge on any atom is -0.387 e. The van der Waals surface area contributed by atoms with Crippen molar-refractivity contribution < 1.29 is 4.79 Å². The molecular weight excluding hydrogens is 436 g/mol. The fraction of sp³-hybridized carbons (Fsp3) is 0.462. The largest absolute Gasteiger partial charge is 0.387 e. The monoisotopic (exact) mass is 464 g/mol. The molecule has 2 spiro atoms. The topological polar surface area (TPSA) is 55.5 Å². The normalized spacial score (nSPS) is 29.4. The van der Waals surface area contributed by atoms with E-state index in [2.05, 4.69) is 72.2 Å². The van der Waals surface area contributed by atoms with Crippen molar-refractivity contribution in [2.45, 2.75) is 57.9 Å². The molecule has 3 aliphatic rings. The third kappa shape index (κ3) is 2.62. The Morgan fingerprint density at radius 2 is 1.77 bits per heavy atom. The molecule has 2 aromatic rings. The lowest BCUT2D eigenvalue weighted by molar-refractivity contribution is -0.135.